The molecule has 0 bridgehead atoms. The summed E-state index contributed by atoms with van der Waals surface area (Å²) in [4.78, 5) is 15.3. The highest BCUT2D eigenvalue weighted by molar-refractivity contribution is 7.13. The van der Waals surface area contributed by atoms with Gasteiger partial charge < -0.3 is 9.72 Å². The summed E-state index contributed by atoms with van der Waals surface area (Å²) in [7, 11) is 0. The normalized spacial score (nSPS) is 24.5. The number of hydrogen-bond donors (Lipinski definition) is 1. The van der Waals surface area contributed by atoms with E-state index in [1.54, 1.807) is 11.3 Å². The summed E-state index contributed by atoms with van der Waals surface area (Å²) < 4.78 is 5.51. The Morgan fingerprint density at radius 3 is 2.74 bits per heavy atom. The first-order valence-corrected chi connectivity index (χ1v) is 10.9. The summed E-state index contributed by atoms with van der Waals surface area (Å²) in [6.45, 7) is 6.04. The van der Waals surface area contributed by atoms with Crippen molar-refractivity contribution in [1.29, 1.82) is 0 Å². The zero-order valence-electron chi connectivity index (χ0n) is 15.8. The summed E-state index contributed by atoms with van der Waals surface area (Å²) >= 11 is 1.71. The second-order valence-corrected chi connectivity index (χ2v) is 8.67. The van der Waals surface area contributed by atoms with Crippen LogP contribution in [0.3, 0.4) is 0 Å². The molecule has 1 aliphatic heterocycles. The van der Waals surface area contributed by atoms with Crippen LogP contribution in [0.1, 0.15) is 42.9 Å². The molecule has 142 valence electrons. The molecule has 3 aromatic rings. The van der Waals surface area contributed by atoms with Gasteiger partial charge in [-0.1, -0.05) is 0 Å². The smallest absolute Gasteiger partial charge is 0.137 e. The number of pyridine rings is 1. The molecule has 0 amide bonds. The van der Waals surface area contributed by atoms with Crippen molar-refractivity contribution in [2.45, 2.75) is 44.6 Å². The number of rotatable bonds is 3. The molecule has 2 aliphatic rings. The van der Waals surface area contributed by atoms with Crippen molar-refractivity contribution in [3.8, 4) is 10.6 Å². The fraction of sp³-hybridized carbons (Fsp3) is 0.524. The summed E-state index contributed by atoms with van der Waals surface area (Å²) in [5.41, 5.74) is 4.61. The SMILES string of the molecule is Cc1csc(-c2c[nH]c3ncc(C4CCC(N5CCOCC5)CC4)cc23)n1. The Morgan fingerprint density at radius 1 is 1.19 bits per heavy atom. The third-order valence-corrected chi connectivity index (χ3v) is 7.13. The van der Waals surface area contributed by atoms with Gasteiger partial charge >= 0.3 is 0 Å². The molecule has 0 radical (unpaired) electrons. The van der Waals surface area contributed by atoms with Crippen LogP contribution in [0.4, 0.5) is 0 Å². The predicted octanol–water partition coefficient (Wildman–Crippen LogP) is 4.35. The number of ether oxygens (including phenoxy) is 1. The first-order valence-electron chi connectivity index (χ1n) is 9.99. The molecule has 1 saturated carbocycles. The van der Waals surface area contributed by atoms with Crippen LogP contribution in [-0.2, 0) is 4.74 Å². The zero-order chi connectivity index (χ0) is 18.2. The molecule has 4 heterocycles. The third-order valence-electron chi connectivity index (χ3n) is 6.13. The number of hydrogen-bond acceptors (Lipinski definition) is 5. The van der Waals surface area contributed by atoms with E-state index in [-0.39, 0.29) is 0 Å². The lowest BCUT2D eigenvalue weighted by molar-refractivity contribution is 0.00729. The van der Waals surface area contributed by atoms with E-state index in [9.17, 15) is 0 Å². The van der Waals surface area contributed by atoms with E-state index in [4.69, 9.17) is 9.72 Å². The van der Waals surface area contributed by atoms with E-state index in [0.717, 1.165) is 48.7 Å². The van der Waals surface area contributed by atoms with Crippen molar-refractivity contribution in [2.24, 2.45) is 0 Å². The highest BCUT2D eigenvalue weighted by Gasteiger charge is 2.28. The molecule has 0 aromatic carbocycles. The van der Waals surface area contributed by atoms with Crippen molar-refractivity contribution in [3.63, 3.8) is 0 Å². The third kappa shape index (κ3) is 3.42. The lowest BCUT2D eigenvalue weighted by Crippen LogP contribution is -2.44. The summed E-state index contributed by atoms with van der Waals surface area (Å²) in [5.74, 6) is 0.625. The Hall–Kier alpha value is -1.76. The minimum Gasteiger partial charge on any atom is -0.379 e. The molecule has 1 N–H and O–H groups in total. The van der Waals surface area contributed by atoms with Gasteiger partial charge in [0.2, 0.25) is 0 Å². The molecule has 0 atom stereocenters. The molecule has 6 heteroatoms. The highest BCUT2D eigenvalue weighted by Crippen LogP contribution is 2.37. The molecule has 0 unspecified atom stereocenters. The predicted molar refractivity (Wildman–Crippen MR) is 109 cm³/mol. The minimum absolute atomic E-state index is 0.625. The van der Waals surface area contributed by atoms with E-state index < -0.39 is 0 Å². The van der Waals surface area contributed by atoms with Crippen molar-refractivity contribution >= 4 is 22.4 Å². The number of thiazole rings is 1. The van der Waals surface area contributed by atoms with Crippen molar-refractivity contribution in [3.05, 3.63) is 35.1 Å². The number of morpholine rings is 1. The molecule has 0 spiro atoms. The second-order valence-electron chi connectivity index (χ2n) is 7.81. The van der Waals surface area contributed by atoms with Gasteiger partial charge in [0.1, 0.15) is 10.7 Å². The summed E-state index contributed by atoms with van der Waals surface area (Å²) in [5, 5.41) is 4.39. The summed E-state index contributed by atoms with van der Waals surface area (Å²) in [6.07, 6.45) is 9.21. The van der Waals surface area contributed by atoms with Gasteiger partial charge in [0.05, 0.1) is 13.2 Å². The first kappa shape index (κ1) is 17.3. The maximum atomic E-state index is 5.51. The lowest BCUT2D eigenvalue weighted by atomic mass is 9.81. The molecule has 27 heavy (non-hydrogen) atoms. The van der Waals surface area contributed by atoms with Crippen LogP contribution in [-0.4, -0.2) is 52.2 Å². The van der Waals surface area contributed by atoms with E-state index in [1.165, 1.54) is 42.2 Å². The Balaban J connectivity index is 1.35. The van der Waals surface area contributed by atoms with Gasteiger partial charge in [-0.15, -0.1) is 11.3 Å². The molecular weight excluding hydrogens is 356 g/mol. The minimum atomic E-state index is 0.625. The number of aromatic nitrogens is 3. The van der Waals surface area contributed by atoms with Gasteiger partial charge in [-0.05, 0) is 50.2 Å². The molecule has 1 saturated heterocycles. The monoisotopic (exact) mass is 382 g/mol. The zero-order valence-corrected chi connectivity index (χ0v) is 16.6. The number of aromatic amines is 1. The molecule has 3 aromatic heterocycles. The van der Waals surface area contributed by atoms with Gasteiger partial charge in [-0.2, -0.15) is 0 Å². The van der Waals surface area contributed by atoms with Crippen LogP contribution in [0, 0.1) is 6.92 Å². The van der Waals surface area contributed by atoms with Crippen LogP contribution in [0.15, 0.2) is 23.8 Å². The Kier molecular flexibility index (Phi) is 4.71. The second kappa shape index (κ2) is 7.34. The summed E-state index contributed by atoms with van der Waals surface area (Å²) in [6, 6.07) is 3.09. The van der Waals surface area contributed by atoms with Crippen LogP contribution in [0.5, 0.6) is 0 Å². The van der Waals surface area contributed by atoms with Crippen LogP contribution in [0.2, 0.25) is 0 Å². The first-order chi connectivity index (χ1) is 13.3. The average molecular weight is 383 g/mol. The van der Waals surface area contributed by atoms with Gasteiger partial charge in [0, 0.05) is 53.5 Å². The number of H-pyrrole nitrogens is 1. The number of nitrogens with zero attached hydrogens (tertiary/aromatic N) is 3. The molecule has 5 nitrogen and oxygen atoms in total. The average Bonchev–Trinajstić information content (AvgIpc) is 3.34. The van der Waals surface area contributed by atoms with Gasteiger partial charge in [-0.25, -0.2) is 9.97 Å². The lowest BCUT2D eigenvalue weighted by Gasteiger charge is -2.38. The van der Waals surface area contributed by atoms with Crippen molar-refractivity contribution in [2.75, 3.05) is 26.3 Å². The standard InChI is InChI=1S/C21H26N4OS/c1-14-13-27-21(24-14)19-12-23-20-18(19)10-16(11-22-20)15-2-4-17(5-3-15)25-6-8-26-9-7-25/h10-13,15,17H,2-9H2,1H3,(H,22,23). The largest absolute Gasteiger partial charge is 0.379 e. The van der Waals surface area contributed by atoms with Gasteiger partial charge in [0.15, 0.2) is 0 Å². The number of aryl methyl sites for hydroxylation is 1. The fourth-order valence-electron chi connectivity index (χ4n) is 4.61. The molecular formula is C21H26N4OS. The quantitative estimate of drug-likeness (QED) is 0.731. The Morgan fingerprint density at radius 2 is 2.00 bits per heavy atom. The van der Waals surface area contributed by atoms with Crippen LogP contribution < -0.4 is 0 Å². The van der Waals surface area contributed by atoms with E-state index >= 15 is 0 Å². The van der Waals surface area contributed by atoms with Crippen LogP contribution in [0.25, 0.3) is 21.6 Å². The van der Waals surface area contributed by atoms with Crippen LogP contribution >= 0.6 is 11.3 Å². The maximum absolute atomic E-state index is 5.51. The van der Waals surface area contributed by atoms with Crippen molar-refractivity contribution < 1.29 is 4.74 Å². The van der Waals surface area contributed by atoms with Gasteiger partial charge in [-0.3, -0.25) is 4.90 Å². The molecule has 1 aliphatic carbocycles. The Labute approximate surface area is 163 Å². The number of fused-ring (bicyclic) bond motifs is 1. The number of nitrogens with one attached hydrogen (secondary N) is 1. The van der Waals surface area contributed by atoms with E-state index in [1.807, 2.05) is 6.92 Å². The molecule has 2 fully saturated rings. The topological polar surface area (TPSA) is 54.0 Å². The molecule has 5 rings (SSSR count). The fourth-order valence-corrected chi connectivity index (χ4v) is 5.44. The maximum Gasteiger partial charge on any atom is 0.137 e. The van der Waals surface area contributed by atoms with Crippen molar-refractivity contribution in [1.82, 2.24) is 19.9 Å². The van der Waals surface area contributed by atoms with E-state index in [2.05, 4.69) is 38.7 Å². The van der Waals surface area contributed by atoms with E-state index in [0.29, 0.717) is 5.92 Å². The van der Waals surface area contributed by atoms with Gasteiger partial charge in [0.25, 0.3) is 0 Å². The Bertz CT molecular complexity index is 919. The highest BCUT2D eigenvalue weighted by atomic mass is 32.1.